The van der Waals surface area contributed by atoms with Gasteiger partial charge >= 0.3 is 0 Å². The summed E-state index contributed by atoms with van der Waals surface area (Å²) in [6, 6.07) is 39.8. The molecule has 6 nitrogen and oxygen atoms in total. The minimum atomic E-state index is -0.287. The van der Waals surface area contributed by atoms with E-state index in [0.29, 0.717) is 6.54 Å². The van der Waals surface area contributed by atoms with Gasteiger partial charge < -0.3 is 19.5 Å². The molecule has 9 rings (SSSR count). The van der Waals surface area contributed by atoms with Gasteiger partial charge in [-0.2, -0.15) is 0 Å². The van der Waals surface area contributed by atoms with Crippen LogP contribution in [-0.2, 0) is 6.54 Å². The van der Waals surface area contributed by atoms with Crippen LogP contribution >= 0.6 is 0 Å². The molecule has 0 radical (unpaired) electrons. The van der Waals surface area contributed by atoms with Crippen LogP contribution in [0.2, 0.25) is 0 Å². The summed E-state index contributed by atoms with van der Waals surface area (Å²) in [5, 5.41) is 14.1. The fraction of sp³-hybridized carbons (Fsp3) is 0.0789. The van der Waals surface area contributed by atoms with E-state index >= 15 is 0 Å². The molecular weight excluding hydrogens is 544 g/mol. The highest BCUT2D eigenvalue weighted by molar-refractivity contribution is 6.12. The average molecular weight is 573 g/mol. The predicted molar refractivity (Wildman–Crippen MR) is 176 cm³/mol. The second-order valence-corrected chi connectivity index (χ2v) is 11.3. The van der Waals surface area contributed by atoms with Crippen molar-refractivity contribution in [2.45, 2.75) is 18.9 Å². The smallest absolute Gasteiger partial charge is 0.135 e. The molecule has 4 heterocycles. The summed E-state index contributed by atoms with van der Waals surface area (Å²) in [6.07, 6.45) is 3.55. The third kappa shape index (κ3) is 4.03. The molecule has 3 N–H and O–H groups in total. The first kappa shape index (κ1) is 25.0. The molecule has 6 heteroatoms. The minimum Gasteiger partial charge on any atom is -0.459 e. The van der Waals surface area contributed by atoms with Gasteiger partial charge in [-0.15, -0.1) is 0 Å². The molecule has 0 fully saturated rings. The van der Waals surface area contributed by atoms with E-state index in [-0.39, 0.29) is 12.3 Å². The first-order chi connectivity index (χ1) is 21.8. The lowest BCUT2D eigenvalue weighted by Gasteiger charge is -2.32. The monoisotopic (exact) mass is 572 g/mol. The van der Waals surface area contributed by atoms with Crippen molar-refractivity contribution in [1.82, 2.24) is 16.0 Å². The molecule has 44 heavy (non-hydrogen) atoms. The van der Waals surface area contributed by atoms with Crippen molar-refractivity contribution in [3.05, 3.63) is 149 Å². The minimum absolute atomic E-state index is 0.235. The Morgan fingerprint density at radius 3 is 2.30 bits per heavy atom. The van der Waals surface area contributed by atoms with E-state index in [1.165, 1.54) is 11.1 Å². The lowest BCUT2D eigenvalue weighted by atomic mass is 9.99. The van der Waals surface area contributed by atoms with Crippen LogP contribution in [0, 0.1) is 0 Å². The Morgan fingerprint density at radius 1 is 0.659 bits per heavy atom. The molecule has 0 aliphatic carbocycles. The average Bonchev–Trinajstić information content (AvgIpc) is 3.67. The van der Waals surface area contributed by atoms with Crippen LogP contribution in [0.1, 0.15) is 40.3 Å². The number of nitrogens with zero attached hydrogens (tertiary/aromatic N) is 1. The number of fused-ring (bicyclic) bond motifs is 6. The second-order valence-electron chi connectivity index (χ2n) is 11.3. The molecule has 0 spiro atoms. The van der Waals surface area contributed by atoms with Gasteiger partial charge in [-0.05, 0) is 47.2 Å². The number of rotatable bonds is 4. The number of aliphatic imine (C=N–C) groups is 1. The van der Waals surface area contributed by atoms with Crippen molar-refractivity contribution >= 4 is 44.8 Å². The van der Waals surface area contributed by atoms with Crippen molar-refractivity contribution in [2.24, 2.45) is 4.99 Å². The van der Waals surface area contributed by atoms with E-state index in [0.717, 1.165) is 66.8 Å². The summed E-state index contributed by atoms with van der Waals surface area (Å²) in [6.45, 7) is 0.663. The fourth-order valence-corrected chi connectivity index (χ4v) is 6.58. The summed E-state index contributed by atoms with van der Waals surface area (Å²) in [5.41, 5.74) is 9.27. The Kier molecular flexibility index (Phi) is 5.67. The molecular formula is C38H28N4O2. The van der Waals surface area contributed by atoms with Gasteiger partial charge in [0.15, 0.2) is 0 Å². The van der Waals surface area contributed by atoms with Crippen molar-refractivity contribution < 1.29 is 8.83 Å². The van der Waals surface area contributed by atoms with Crippen LogP contribution in [0.15, 0.2) is 135 Å². The fourth-order valence-electron chi connectivity index (χ4n) is 6.58. The molecule has 2 aliphatic rings. The Bertz CT molecular complexity index is 2240. The Labute approximate surface area is 253 Å². The maximum Gasteiger partial charge on any atom is 0.135 e. The maximum atomic E-state index is 6.27. The second kappa shape index (κ2) is 10.0. The van der Waals surface area contributed by atoms with Gasteiger partial charge in [0.1, 0.15) is 40.7 Å². The van der Waals surface area contributed by atoms with Crippen molar-refractivity contribution in [1.29, 1.82) is 0 Å². The first-order valence-electron chi connectivity index (χ1n) is 14.9. The molecule has 0 bridgehead atoms. The zero-order valence-electron chi connectivity index (χ0n) is 23.7. The molecule has 5 aromatic carbocycles. The number of hydrogen-bond acceptors (Lipinski definition) is 6. The molecule has 0 amide bonds. The van der Waals surface area contributed by atoms with Gasteiger partial charge in [0, 0.05) is 32.8 Å². The molecule has 0 saturated heterocycles. The summed E-state index contributed by atoms with van der Waals surface area (Å²) in [7, 11) is 0. The number of amidine groups is 1. The zero-order chi connectivity index (χ0) is 29.0. The van der Waals surface area contributed by atoms with E-state index in [1.807, 2.05) is 42.6 Å². The van der Waals surface area contributed by atoms with Gasteiger partial charge in [-0.25, -0.2) is 4.99 Å². The van der Waals surface area contributed by atoms with E-state index < -0.39 is 0 Å². The van der Waals surface area contributed by atoms with Crippen molar-refractivity contribution in [3.63, 3.8) is 0 Å². The maximum absolute atomic E-state index is 6.27. The van der Waals surface area contributed by atoms with Gasteiger partial charge in [-0.1, -0.05) is 97.1 Å². The third-order valence-electron chi connectivity index (χ3n) is 8.66. The van der Waals surface area contributed by atoms with Crippen LogP contribution in [0.5, 0.6) is 0 Å². The highest BCUT2D eigenvalue weighted by Gasteiger charge is 2.29. The molecule has 0 saturated carbocycles. The quantitative estimate of drug-likeness (QED) is 0.197. The highest BCUT2D eigenvalue weighted by Crippen LogP contribution is 2.37. The predicted octanol–water partition coefficient (Wildman–Crippen LogP) is 8.41. The van der Waals surface area contributed by atoms with Crippen LogP contribution in [-0.4, -0.2) is 5.84 Å². The van der Waals surface area contributed by atoms with Gasteiger partial charge in [0.25, 0.3) is 0 Å². The number of hydrogen-bond donors (Lipinski definition) is 3. The van der Waals surface area contributed by atoms with Crippen molar-refractivity contribution in [2.75, 3.05) is 0 Å². The number of nitrogens with one attached hydrogen (secondary N) is 3. The zero-order valence-corrected chi connectivity index (χ0v) is 23.7. The van der Waals surface area contributed by atoms with Gasteiger partial charge in [0.05, 0.1) is 6.54 Å². The molecule has 2 aliphatic heterocycles. The van der Waals surface area contributed by atoms with Crippen LogP contribution < -0.4 is 16.0 Å². The normalized spacial score (nSPS) is 17.8. The van der Waals surface area contributed by atoms with Crippen LogP contribution in [0.3, 0.4) is 0 Å². The molecule has 7 aromatic rings. The van der Waals surface area contributed by atoms with E-state index in [9.17, 15) is 0 Å². The van der Waals surface area contributed by atoms with Crippen LogP contribution in [0.4, 0.5) is 0 Å². The largest absolute Gasteiger partial charge is 0.459 e. The topological polar surface area (TPSA) is 74.7 Å². The summed E-state index contributed by atoms with van der Waals surface area (Å²) >= 11 is 0. The van der Waals surface area contributed by atoms with E-state index in [1.54, 1.807) is 0 Å². The van der Waals surface area contributed by atoms with Gasteiger partial charge in [-0.3, -0.25) is 5.32 Å². The number of benzene rings is 5. The SMILES string of the molecule is C1=Cc2c(oc3cccc(C4=NC(c5ccc(-c6ccccc6)cc5)NC(c5cccc6oc7ccccc7c56)N4)c23)CN1. The van der Waals surface area contributed by atoms with Gasteiger partial charge in [0.2, 0.25) is 0 Å². The van der Waals surface area contributed by atoms with Crippen molar-refractivity contribution in [3.8, 4) is 11.1 Å². The summed E-state index contributed by atoms with van der Waals surface area (Å²) in [5.74, 6) is 1.75. The highest BCUT2D eigenvalue weighted by atomic mass is 16.3. The first-order valence-corrected chi connectivity index (χ1v) is 14.9. The molecule has 212 valence electrons. The summed E-state index contributed by atoms with van der Waals surface area (Å²) in [4.78, 5) is 5.30. The number of furan rings is 2. The third-order valence-corrected chi connectivity index (χ3v) is 8.66. The molecule has 2 atom stereocenters. The van der Waals surface area contributed by atoms with E-state index in [4.69, 9.17) is 13.8 Å². The van der Waals surface area contributed by atoms with Crippen LogP contribution in [0.25, 0.3) is 50.1 Å². The molecule has 2 unspecified atom stereocenters. The Balaban J connectivity index is 1.20. The lowest BCUT2D eigenvalue weighted by molar-refractivity contribution is 0.411. The molecule has 2 aromatic heterocycles. The number of para-hydroxylation sites is 1. The standard InChI is InChI=1S/C38H28N4O2/c1-2-8-23(9-3-1)24-16-18-25(19-17-24)36-40-37(28-11-6-14-31-34(28)26-10-4-5-13-30(26)43-31)42-38(41-36)29-12-7-15-32-35(29)27-20-21-39-22-33(27)44-32/h1-21,36-37,39-40H,22H2,(H,41,42). The summed E-state index contributed by atoms with van der Waals surface area (Å²) < 4.78 is 12.5. The Hall–Kier alpha value is -5.59. The van der Waals surface area contributed by atoms with E-state index in [2.05, 4.69) is 101 Å². The lowest BCUT2D eigenvalue weighted by Crippen LogP contribution is -2.45. The Morgan fingerprint density at radius 2 is 1.41 bits per heavy atom.